The summed E-state index contributed by atoms with van der Waals surface area (Å²) >= 11 is 5.11. The molecule has 3 nitrogen and oxygen atoms in total. The smallest absolute Gasteiger partial charge is 0.193 e. The van der Waals surface area contributed by atoms with Crippen LogP contribution in [0.25, 0.3) is 0 Å². The normalized spacial score (nSPS) is 9.85. The number of thiocarbonyl (C=S) groups is 1. The predicted molar refractivity (Wildman–Crippen MR) is 86.2 cm³/mol. The maximum absolute atomic E-state index is 12.2. The van der Waals surface area contributed by atoms with Gasteiger partial charge in [0.25, 0.3) is 0 Å². The highest BCUT2D eigenvalue weighted by Crippen LogP contribution is 2.13. The number of anilines is 1. The van der Waals surface area contributed by atoms with Crippen LogP contribution in [0.2, 0.25) is 0 Å². The molecule has 4 heteroatoms. The van der Waals surface area contributed by atoms with Gasteiger partial charge in [0.15, 0.2) is 10.9 Å². The van der Waals surface area contributed by atoms with Gasteiger partial charge in [-0.05, 0) is 43.4 Å². The number of rotatable bonds is 4. The van der Waals surface area contributed by atoms with Crippen LogP contribution in [0, 0.1) is 0 Å². The van der Waals surface area contributed by atoms with Crippen molar-refractivity contribution in [1.29, 1.82) is 0 Å². The predicted octanol–water partition coefficient (Wildman–Crippen LogP) is 3.22. The van der Waals surface area contributed by atoms with Crippen molar-refractivity contribution in [2.24, 2.45) is 0 Å². The summed E-state index contributed by atoms with van der Waals surface area (Å²) in [4.78, 5) is 12.2. The summed E-state index contributed by atoms with van der Waals surface area (Å²) in [6, 6.07) is 16.5. The zero-order valence-electron chi connectivity index (χ0n) is 11.2. The average molecular weight is 284 g/mol. The Labute approximate surface area is 124 Å². The summed E-state index contributed by atoms with van der Waals surface area (Å²) in [5.74, 6) is 0.0198. The van der Waals surface area contributed by atoms with E-state index in [2.05, 4.69) is 10.6 Å². The molecule has 0 saturated carbocycles. The fraction of sp³-hybridized carbons (Fsp3) is 0.125. The molecule has 102 valence electrons. The highest BCUT2D eigenvalue weighted by atomic mass is 32.1. The average Bonchev–Trinajstić information content (AvgIpc) is 2.48. The molecular weight excluding hydrogens is 268 g/mol. The van der Waals surface area contributed by atoms with E-state index in [1.54, 1.807) is 12.1 Å². The lowest BCUT2D eigenvalue weighted by Crippen LogP contribution is -2.27. The number of carbonyl (C=O) groups excluding carboxylic acids is 1. The zero-order valence-corrected chi connectivity index (χ0v) is 12.0. The molecule has 2 aromatic carbocycles. The first-order chi connectivity index (χ1) is 9.70. The van der Waals surface area contributed by atoms with Gasteiger partial charge in [0.1, 0.15) is 0 Å². The van der Waals surface area contributed by atoms with Crippen LogP contribution in [0.3, 0.4) is 0 Å². The van der Waals surface area contributed by atoms with Crippen molar-refractivity contribution in [2.45, 2.75) is 6.92 Å². The lowest BCUT2D eigenvalue weighted by Gasteiger charge is -2.09. The van der Waals surface area contributed by atoms with E-state index in [9.17, 15) is 4.79 Å². The van der Waals surface area contributed by atoms with Crippen molar-refractivity contribution < 1.29 is 4.79 Å². The number of benzene rings is 2. The van der Waals surface area contributed by atoms with E-state index in [4.69, 9.17) is 12.2 Å². The van der Waals surface area contributed by atoms with Crippen molar-refractivity contribution in [2.75, 3.05) is 11.9 Å². The highest BCUT2D eigenvalue weighted by Gasteiger charge is 2.08. The molecule has 0 fully saturated rings. The SMILES string of the molecule is CCNC(=S)Nc1ccc(C(=O)c2ccccc2)cc1. The molecule has 0 aliphatic rings. The summed E-state index contributed by atoms with van der Waals surface area (Å²) in [7, 11) is 0. The van der Waals surface area contributed by atoms with Gasteiger partial charge in [-0.2, -0.15) is 0 Å². The summed E-state index contributed by atoms with van der Waals surface area (Å²) < 4.78 is 0. The third-order valence-electron chi connectivity index (χ3n) is 2.78. The summed E-state index contributed by atoms with van der Waals surface area (Å²) in [6.45, 7) is 2.76. The molecule has 0 spiro atoms. The van der Waals surface area contributed by atoms with Crippen molar-refractivity contribution in [3.8, 4) is 0 Å². The van der Waals surface area contributed by atoms with E-state index in [1.165, 1.54) is 0 Å². The minimum Gasteiger partial charge on any atom is -0.363 e. The quantitative estimate of drug-likeness (QED) is 0.668. The topological polar surface area (TPSA) is 41.1 Å². The summed E-state index contributed by atoms with van der Waals surface area (Å²) in [6.07, 6.45) is 0. The third kappa shape index (κ3) is 3.65. The van der Waals surface area contributed by atoms with Crippen molar-refractivity contribution >= 4 is 28.8 Å². The highest BCUT2D eigenvalue weighted by molar-refractivity contribution is 7.80. The maximum Gasteiger partial charge on any atom is 0.193 e. The number of hydrogen-bond acceptors (Lipinski definition) is 2. The fourth-order valence-electron chi connectivity index (χ4n) is 1.80. The van der Waals surface area contributed by atoms with Crippen LogP contribution in [-0.2, 0) is 0 Å². The van der Waals surface area contributed by atoms with E-state index in [1.807, 2.05) is 49.4 Å². The zero-order chi connectivity index (χ0) is 14.4. The Morgan fingerprint density at radius 2 is 1.60 bits per heavy atom. The van der Waals surface area contributed by atoms with Gasteiger partial charge in [-0.3, -0.25) is 4.79 Å². The molecule has 2 aromatic rings. The van der Waals surface area contributed by atoms with Crippen LogP contribution in [0.4, 0.5) is 5.69 Å². The first-order valence-corrected chi connectivity index (χ1v) is 6.86. The number of ketones is 1. The van der Waals surface area contributed by atoms with Gasteiger partial charge in [-0.25, -0.2) is 0 Å². The van der Waals surface area contributed by atoms with E-state index in [0.29, 0.717) is 16.2 Å². The van der Waals surface area contributed by atoms with Gasteiger partial charge < -0.3 is 10.6 Å². The van der Waals surface area contributed by atoms with Gasteiger partial charge >= 0.3 is 0 Å². The third-order valence-corrected chi connectivity index (χ3v) is 3.02. The maximum atomic E-state index is 12.2. The molecule has 0 atom stereocenters. The molecule has 2 N–H and O–H groups in total. The van der Waals surface area contributed by atoms with E-state index in [-0.39, 0.29) is 5.78 Å². The van der Waals surface area contributed by atoms with Gasteiger partial charge in [0.05, 0.1) is 0 Å². The minimum absolute atomic E-state index is 0.0198. The molecule has 0 saturated heterocycles. The van der Waals surface area contributed by atoms with Crippen molar-refractivity contribution in [1.82, 2.24) is 5.32 Å². The molecule has 0 unspecified atom stereocenters. The second-order valence-electron chi connectivity index (χ2n) is 4.26. The monoisotopic (exact) mass is 284 g/mol. The van der Waals surface area contributed by atoms with E-state index < -0.39 is 0 Å². The molecule has 0 amide bonds. The Balaban J connectivity index is 2.08. The number of nitrogens with one attached hydrogen (secondary N) is 2. The second-order valence-corrected chi connectivity index (χ2v) is 4.67. The largest absolute Gasteiger partial charge is 0.363 e. The Morgan fingerprint density at radius 3 is 2.20 bits per heavy atom. The molecule has 2 rings (SSSR count). The first-order valence-electron chi connectivity index (χ1n) is 6.45. The lowest BCUT2D eigenvalue weighted by molar-refractivity contribution is 0.103. The molecule has 0 heterocycles. The Morgan fingerprint density at radius 1 is 1.00 bits per heavy atom. The molecule has 0 aliphatic heterocycles. The van der Waals surface area contributed by atoms with Crippen LogP contribution >= 0.6 is 12.2 Å². The van der Waals surface area contributed by atoms with Gasteiger partial charge in [-0.1, -0.05) is 30.3 Å². The number of carbonyl (C=O) groups is 1. The molecule has 0 aliphatic carbocycles. The van der Waals surface area contributed by atoms with Crippen molar-refractivity contribution in [3.63, 3.8) is 0 Å². The van der Waals surface area contributed by atoms with Crippen LogP contribution in [-0.4, -0.2) is 17.4 Å². The molecule has 0 radical (unpaired) electrons. The Kier molecular flexibility index (Phi) is 4.85. The summed E-state index contributed by atoms with van der Waals surface area (Å²) in [5.41, 5.74) is 2.22. The van der Waals surface area contributed by atoms with Gasteiger partial charge in [-0.15, -0.1) is 0 Å². The van der Waals surface area contributed by atoms with Crippen LogP contribution in [0.15, 0.2) is 54.6 Å². The van der Waals surface area contributed by atoms with E-state index >= 15 is 0 Å². The molecule has 20 heavy (non-hydrogen) atoms. The number of hydrogen-bond donors (Lipinski definition) is 2. The van der Waals surface area contributed by atoms with Gasteiger partial charge in [0.2, 0.25) is 0 Å². The second kappa shape index (κ2) is 6.82. The van der Waals surface area contributed by atoms with E-state index in [0.717, 1.165) is 12.2 Å². The minimum atomic E-state index is 0.0198. The van der Waals surface area contributed by atoms with Crippen molar-refractivity contribution in [3.05, 3.63) is 65.7 Å². The standard InChI is InChI=1S/C16H16N2OS/c1-2-17-16(20)18-14-10-8-13(9-11-14)15(19)12-6-4-3-5-7-12/h3-11H,2H2,1H3,(H2,17,18,20). The molecular formula is C16H16N2OS. The Hall–Kier alpha value is -2.20. The molecule has 0 aromatic heterocycles. The summed E-state index contributed by atoms with van der Waals surface area (Å²) in [5, 5.41) is 6.65. The van der Waals surface area contributed by atoms with Gasteiger partial charge in [0, 0.05) is 23.4 Å². The van der Waals surface area contributed by atoms with Crippen LogP contribution in [0.5, 0.6) is 0 Å². The fourth-order valence-corrected chi connectivity index (χ4v) is 2.06. The van der Waals surface area contributed by atoms with Crippen LogP contribution in [0.1, 0.15) is 22.8 Å². The Bertz CT molecular complexity index is 594. The van der Waals surface area contributed by atoms with Crippen LogP contribution < -0.4 is 10.6 Å². The molecule has 0 bridgehead atoms. The lowest BCUT2D eigenvalue weighted by atomic mass is 10.0. The first kappa shape index (κ1) is 14.2.